The van der Waals surface area contributed by atoms with Gasteiger partial charge in [-0.3, -0.25) is 0 Å². The fourth-order valence-electron chi connectivity index (χ4n) is 1.98. The lowest BCUT2D eigenvalue weighted by Crippen LogP contribution is -2.07. The van der Waals surface area contributed by atoms with Crippen LogP contribution in [-0.4, -0.2) is 21.6 Å². The zero-order chi connectivity index (χ0) is 15.2. The molecule has 0 fully saturated rings. The highest BCUT2D eigenvalue weighted by Crippen LogP contribution is 2.29. The maximum atomic E-state index is 9.38. The molecule has 0 saturated carbocycles. The monoisotopic (exact) mass is 287 g/mol. The number of nitrogens with one attached hydrogen (secondary N) is 1. The Kier molecular flexibility index (Phi) is 5.11. The molecule has 0 aliphatic rings. The molecule has 0 radical (unpaired) electrons. The number of hydrogen-bond acceptors (Lipinski definition) is 5. The topological polar surface area (TPSA) is 67.3 Å². The summed E-state index contributed by atoms with van der Waals surface area (Å²) in [6.07, 6.45) is 0.733. The lowest BCUT2D eigenvalue weighted by molar-refractivity contribution is 0.276. The van der Waals surface area contributed by atoms with Crippen LogP contribution in [0.15, 0.2) is 24.3 Å². The van der Waals surface area contributed by atoms with Crippen LogP contribution in [-0.2, 0) is 13.0 Å². The van der Waals surface area contributed by atoms with Crippen LogP contribution >= 0.6 is 0 Å². The molecule has 5 nitrogen and oxygen atoms in total. The molecule has 2 N–H and O–H groups in total. The Morgan fingerprint density at radius 1 is 1.19 bits per heavy atom. The molecule has 2 rings (SSSR count). The zero-order valence-corrected chi connectivity index (χ0v) is 12.7. The third kappa shape index (κ3) is 3.49. The SMILES string of the molecule is CCNc1nc(CC)nc(Oc2ccccc2CO)c1C. The summed E-state index contributed by atoms with van der Waals surface area (Å²) in [5, 5.41) is 12.6. The number of aromatic nitrogens is 2. The van der Waals surface area contributed by atoms with Crippen LogP contribution in [0.1, 0.15) is 30.8 Å². The first-order chi connectivity index (χ1) is 10.2. The van der Waals surface area contributed by atoms with Gasteiger partial charge in [0.25, 0.3) is 0 Å². The van der Waals surface area contributed by atoms with Crippen LogP contribution in [0.3, 0.4) is 0 Å². The van der Waals surface area contributed by atoms with E-state index in [1.807, 2.05) is 45.0 Å². The first-order valence-corrected chi connectivity index (χ1v) is 7.17. The van der Waals surface area contributed by atoms with E-state index < -0.39 is 0 Å². The Morgan fingerprint density at radius 2 is 1.95 bits per heavy atom. The molecule has 1 aromatic heterocycles. The molecule has 0 saturated heterocycles. The standard InChI is InChI=1S/C16H21N3O2/c1-4-14-18-15(17-5-2)11(3)16(19-14)21-13-9-7-6-8-12(13)10-20/h6-9,20H,4-5,10H2,1-3H3,(H,17,18,19). The Morgan fingerprint density at radius 3 is 2.62 bits per heavy atom. The van der Waals surface area contributed by atoms with Gasteiger partial charge in [0.15, 0.2) is 0 Å². The summed E-state index contributed by atoms with van der Waals surface area (Å²) in [5.41, 5.74) is 1.60. The fraction of sp³-hybridized carbons (Fsp3) is 0.375. The van der Waals surface area contributed by atoms with Crippen molar-refractivity contribution in [2.45, 2.75) is 33.8 Å². The highest BCUT2D eigenvalue weighted by molar-refractivity contribution is 5.50. The Balaban J connectivity index is 2.40. The number of aryl methyl sites for hydroxylation is 1. The predicted molar refractivity (Wildman–Crippen MR) is 82.7 cm³/mol. The van der Waals surface area contributed by atoms with E-state index >= 15 is 0 Å². The number of benzene rings is 1. The van der Waals surface area contributed by atoms with Gasteiger partial charge in [0, 0.05) is 18.5 Å². The van der Waals surface area contributed by atoms with Gasteiger partial charge in [-0.15, -0.1) is 0 Å². The van der Waals surface area contributed by atoms with Crippen LogP contribution in [0.25, 0.3) is 0 Å². The molecule has 0 atom stereocenters. The van der Waals surface area contributed by atoms with E-state index in [1.165, 1.54) is 0 Å². The molecular weight excluding hydrogens is 266 g/mol. The highest BCUT2D eigenvalue weighted by Gasteiger charge is 2.13. The van der Waals surface area contributed by atoms with Crippen molar-refractivity contribution in [1.82, 2.24) is 9.97 Å². The van der Waals surface area contributed by atoms with Crippen molar-refractivity contribution in [3.63, 3.8) is 0 Å². The minimum Gasteiger partial charge on any atom is -0.438 e. The van der Waals surface area contributed by atoms with Crippen molar-refractivity contribution in [2.75, 3.05) is 11.9 Å². The summed E-state index contributed by atoms with van der Waals surface area (Å²) < 4.78 is 5.91. The molecule has 0 bridgehead atoms. The average Bonchev–Trinajstić information content (AvgIpc) is 2.51. The fourth-order valence-corrected chi connectivity index (χ4v) is 1.98. The van der Waals surface area contributed by atoms with Crippen molar-refractivity contribution < 1.29 is 9.84 Å². The number of rotatable bonds is 6. The van der Waals surface area contributed by atoms with E-state index in [4.69, 9.17) is 4.74 Å². The van der Waals surface area contributed by atoms with Crippen LogP contribution in [0, 0.1) is 6.92 Å². The van der Waals surface area contributed by atoms with Crippen LogP contribution in [0.4, 0.5) is 5.82 Å². The third-order valence-electron chi connectivity index (χ3n) is 3.16. The smallest absolute Gasteiger partial charge is 0.227 e. The number of aliphatic hydroxyl groups excluding tert-OH is 1. The summed E-state index contributed by atoms with van der Waals surface area (Å²) >= 11 is 0. The normalized spacial score (nSPS) is 10.5. The maximum Gasteiger partial charge on any atom is 0.227 e. The molecule has 1 heterocycles. The molecule has 112 valence electrons. The summed E-state index contributed by atoms with van der Waals surface area (Å²) in [7, 11) is 0. The van der Waals surface area contributed by atoms with E-state index in [0.717, 1.165) is 35.7 Å². The second-order valence-corrected chi connectivity index (χ2v) is 4.67. The molecule has 1 aromatic carbocycles. The van der Waals surface area contributed by atoms with Gasteiger partial charge in [-0.05, 0) is 19.9 Å². The van der Waals surface area contributed by atoms with E-state index in [0.29, 0.717) is 11.6 Å². The summed E-state index contributed by atoms with van der Waals surface area (Å²) in [6.45, 7) is 6.67. The number of nitrogens with zero attached hydrogens (tertiary/aromatic N) is 2. The number of hydrogen-bond donors (Lipinski definition) is 2. The first kappa shape index (κ1) is 15.3. The molecule has 0 aliphatic carbocycles. The number of anilines is 1. The highest BCUT2D eigenvalue weighted by atomic mass is 16.5. The molecular formula is C16H21N3O2. The van der Waals surface area contributed by atoms with Gasteiger partial charge in [0.2, 0.25) is 5.88 Å². The van der Waals surface area contributed by atoms with Crippen molar-refractivity contribution in [2.24, 2.45) is 0 Å². The maximum absolute atomic E-state index is 9.38. The molecule has 21 heavy (non-hydrogen) atoms. The van der Waals surface area contributed by atoms with E-state index in [-0.39, 0.29) is 6.61 Å². The van der Waals surface area contributed by atoms with Crippen molar-refractivity contribution in [1.29, 1.82) is 0 Å². The van der Waals surface area contributed by atoms with Crippen molar-refractivity contribution in [3.05, 3.63) is 41.2 Å². The van der Waals surface area contributed by atoms with Gasteiger partial charge in [-0.1, -0.05) is 25.1 Å². The van der Waals surface area contributed by atoms with Crippen LogP contribution in [0.2, 0.25) is 0 Å². The second-order valence-electron chi connectivity index (χ2n) is 4.67. The van der Waals surface area contributed by atoms with E-state index in [1.54, 1.807) is 0 Å². The van der Waals surface area contributed by atoms with Gasteiger partial charge in [0.1, 0.15) is 17.4 Å². The lowest BCUT2D eigenvalue weighted by Gasteiger charge is -2.14. The Hall–Kier alpha value is -2.14. The van der Waals surface area contributed by atoms with Crippen LogP contribution in [0.5, 0.6) is 11.6 Å². The lowest BCUT2D eigenvalue weighted by atomic mass is 10.2. The van der Waals surface area contributed by atoms with Gasteiger partial charge in [-0.25, -0.2) is 4.98 Å². The first-order valence-electron chi connectivity index (χ1n) is 7.17. The van der Waals surface area contributed by atoms with Crippen molar-refractivity contribution >= 4 is 5.82 Å². The molecule has 0 amide bonds. The molecule has 0 aliphatic heterocycles. The quantitative estimate of drug-likeness (QED) is 0.854. The zero-order valence-electron chi connectivity index (χ0n) is 12.7. The molecule has 0 unspecified atom stereocenters. The van der Waals surface area contributed by atoms with E-state index in [2.05, 4.69) is 15.3 Å². The Labute approximate surface area is 125 Å². The molecule has 0 spiro atoms. The molecule has 5 heteroatoms. The van der Waals surface area contributed by atoms with Gasteiger partial charge in [0.05, 0.1) is 12.2 Å². The summed E-state index contributed by atoms with van der Waals surface area (Å²) in [5.74, 6) is 2.67. The van der Waals surface area contributed by atoms with Gasteiger partial charge >= 0.3 is 0 Å². The third-order valence-corrected chi connectivity index (χ3v) is 3.16. The van der Waals surface area contributed by atoms with Crippen molar-refractivity contribution in [3.8, 4) is 11.6 Å². The average molecular weight is 287 g/mol. The number of para-hydroxylation sites is 1. The Bertz CT molecular complexity index is 614. The molecule has 2 aromatic rings. The second kappa shape index (κ2) is 7.04. The van der Waals surface area contributed by atoms with E-state index in [9.17, 15) is 5.11 Å². The van der Waals surface area contributed by atoms with Gasteiger partial charge in [-0.2, -0.15) is 4.98 Å². The number of ether oxygens (including phenoxy) is 1. The van der Waals surface area contributed by atoms with Gasteiger partial charge < -0.3 is 15.2 Å². The number of aliphatic hydroxyl groups is 1. The minimum absolute atomic E-state index is 0.0684. The largest absolute Gasteiger partial charge is 0.438 e. The van der Waals surface area contributed by atoms with Crippen LogP contribution < -0.4 is 10.1 Å². The summed E-state index contributed by atoms with van der Waals surface area (Å²) in [4.78, 5) is 8.92. The summed E-state index contributed by atoms with van der Waals surface area (Å²) in [6, 6.07) is 7.40. The minimum atomic E-state index is -0.0684. The predicted octanol–water partition coefficient (Wildman–Crippen LogP) is 3.06.